The van der Waals surface area contributed by atoms with E-state index in [1.54, 1.807) is 12.1 Å². The molecule has 3 nitrogen and oxygen atoms in total. The van der Waals surface area contributed by atoms with Gasteiger partial charge in [0.05, 0.1) is 0 Å². The number of pyridine rings is 1. The molecular formula is C15H13F3NO2+. The van der Waals surface area contributed by atoms with E-state index in [-0.39, 0.29) is 5.41 Å². The largest absolute Gasteiger partial charge is 0.301 e. The summed E-state index contributed by atoms with van der Waals surface area (Å²) in [6.45, 7) is 5.87. The molecule has 21 heavy (non-hydrogen) atoms. The second kappa shape index (κ2) is 4.95. The third kappa shape index (κ3) is 2.53. The van der Waals surface area contributed by atoms with Gasteiger partial charge >= 0.3 is 5.70 Å². The summed E-state index contributed by atoms with van der Waals surface area (Å²) in [6, 6.07) is 3.23. The van der Waals surface area contributed by atoms with E-state index in [0.717, 1.165) is 10.1 Å². The van der Waals surface area contributed by atoms with Crippen LogP contribution in [0.5, 0.6) is 0 Å². The Morgan fingerprint density at radius 2 is 1.33 bits per heavy atom. The minimum atomic E-state index is -1.99. The van der Waals surface area contributed by atoms with E-state index in [1.807, 2.05) is 20.8 Å². The Kier molecular flexibility index (Phi) is 3.57. The standard InChI is InChI=1S/C15H13F3NO2/c1-15(2,3)8-4-6-19(7-5-8)12-11(18)13(20)9(16)10(17)14(12)21/h4-7H,1-3H3/q+1. The van der Waals surface area contributed by atoms with Crippen molar-refractivity contribution in [1.29, 1.82) is 0 Å². The first-order valence-electron chi connectivity index (χ1n) is 6.21. The van der Waals surface area contributed by atoms with Crippen LogP contribution in [0.15, 0.2) is 42.0 Å². The molecule has 0 saturated heterocycles. The van der Waals surface area contributed by atoms with Crippen molar-refractivity contribution in [2.75, 3.05) is 0 Å². The lowest BCUT2D eigenvalue weighted by molar-refractivity contribution is -0.578. The summed E-state index contributed by atoms with van der Waals surface area (Å²) in [5, 5.41) is 0. The third-order valence-corrected chi connectivity index (χ3v) is 3.17. The van der Waals surface area contributed by atoms with Crippen molar-refractivity contribution < 1.29 is 27.3 Å². The number of aromatic nitrogens is 1. The Morgan fingerprint density at radius 1 is 0.857 bits per heavy atom. The van der Waals surface area contributed by atoms with Gasteiger partial charge < -0.3 is 0 Å². The highest BCUT2D eigenvalue weighted by Gasteiger charge is 2.42. The number of carbonyl (C=O) groups excluding carboxylic acids is 2. The molecule has 0 aromatic carbocycles. The maximum atomic E-state index is 13.8. The van der Waals surface area contributed by atoms with Crippen LogP contribution in [0.4, 0.5) is 13.2 Å². The van der Waals surface area contributed by atoms with E-state index in [0.29, 0.717) is 0 Å². The molecule has 2 rings (SSSR count). The molecule has 0 unspecified atom stereocenters. The number of halogens is 3. The first-order chi connectivity index (χ1) is 9.64. The Morgan fingerprint density at radius 3 is 1.81 bits per heavy atom. The molecule has 1 aromatic rings. The lowest BCUT2D eigenvalue weighted by Gasteiger charge is -2.17. The zero-order chi connectivity index (χ0) is 15.9. The molecule has 1 aromatic heterocycles. The molecule has 0 fully saturated rings. The number of nitrogens with zero attached hydrogens (tertiary/aromatic N) is 1. The molecule has 0 N–H and O–H groups in total. The number of hydrogen-bond acceptors (Lipinski definition) is 2. The van der Waals surface area contributed by atoms with Crippen LogP contribution in [-0.2, 0) is 15.0 Å². The predicted molar refractivity (Wildman–Crippen MR) is 68.9 cm³/mol. The molecule has 0 saturated carbocycles. The molecule has 0 radical (unpaired) electrons. The Hall–Kier alpha value is -2.24. The topological polar surface area (TPSA) is 38.0 Å². The van der Waals surface area contributed by atoms with Crippen LogP contribution in [0.2, 0.25) is 0 Å². The van der Waals surface area contributed by atoms with E-state index >= 15 is 0 Å². The van der Waals surface area contributed by atoms with Crippen molar-refractivity contribution in [3.8, 4) is 0 Å². The molecule has 1 aliphatic carbocycles. The Balaban J connectivity index is 2.52. The van der Waals surface area contributed by atoms with Gasteiger partial charge in [-0.15, -0.1) is 0 Å². The second-order valence-electron chi connectivity index (χ2n) is 5.69. The zero-order valence-corrected chi connectivity index (χ0v) is 11.7. The summed E-state index contributed by atoms with van der Waals surface area (Å²) in [5.74, 6) is -8.71. The summed E-state index contributed by atoms with van der Waals surface area (Å²) >= 11 is 0. The van der Waals surface area contributed by atoms with Gasteiger partial charge in [-0.1, -0.05) is 20.8 Å². The molecule has 0 atom stereocenters. The molecule has 1 aliphatic rings. The second-order valence-corrected chi connectivity index (χ2v) is 5.69. The fraction of sp³-hybridized carbons (Fsp3) is 0.267. The van der Waals surface area contributed by atoms with Crippen molar-refractivity contribution in [3.63, 3.8) is 0 Å². The van der Waals surface area contributed by atoms with E-state index in [2.05, 4.69) is 0 Å². The van der Waals surface area contributed by atoms with E-state index in [1.165, 1.54) is 12.4 Å². The zero-order valence-electron chi connectivity index (χ0n) is 11.7. The highest BCUT2D eigenvalue weighted by molar-refractivity contribution is 6.32. The van der Waals surface area contributed by atoms with Gasteiger partial charge in [0.25, 0.3) is 11.6 Å². The lowest BCUT2D eigenvalue weighted by Crippen LogP contribution is -2.40. The SMILES string of the molecule is CC(C)(C)c1cc[n+](C2=C(F)C(=O)C(F)=C(F)C2=O)cc1. The molecular weight excluding hydrogens is 283 g/mol. The summed E-state index contributed by atoms with van der Waals surface area (Å²) in [7, 11) is 0. The highest BCUT2D eigenvalue weighted by Crippen LogP contribution is 2.27. The van der Waals surface area contributed by atoms with Gasteiger partial charge in [-0.25, -0.2) is 0 Å². The van der Waals surface area contributed by atoms with Crippen molar-refractivity contribution >= 4 is 17.3 Å². The summed E-state index contributed by atoms with van der Waals surface area (Å²) in [6.07, 6.45) is 2.66. The van der Waals surface area contributed by atoms with Crippen LogP contribution in [0.1, 0.15) is 26.3 Å². The molecule has 0 spiro atoms. The summed E-state index contributed by atoms with van der Waals surface area (Å²) < 4.78 is 41.1. The minimum Gasteiger partial charge on any atom is -0.283 e. The van der Waals surface area contributed by atoms with Gasteiger partial charge in [-0.05, 0) is 11.0 Å². The third-order valence-electron chi connectivity index (χ3n) is 3.17. The van der Waals surface area contributed by atoms with Gasteiger partial charge in [-0.3, -0.25) is 9.59 Å². The maximum Gasteiger partial charge on any atom is 0.301 e. The van der Waals surface area contributed by atoms with Gasteiger partial charge in [-0.2, -0.15) is 17.7 Å². The van der Waals surface area contributed by atoms with E-state index in [9.17, 15) is 22.8 Å². The summed E-state index contributed by atoms with van der Waals surface area (Å²) in [4.78, 5) is 22.8. The van der Waals surface area contributed by atoms with Crippen molar-refractivity contribution in [2.24, 2.45) is 0 Å². The number of ketones is 2. The molecule has 110 valence electrons. The molecule has 0 aliphatic heterocycles. The van der Waals surface area contributed by atoms with Gasteiger partial charge in [0.2, 0.25) is 17.5 Å². The predicted octanol–water partition coefficient (Wildman–Crippen LogP) is 2.71. The number of hydrogen-bond donors (Lipinski definition) is 0. The van der Waals surface area contributed by atoms with Gasteiger partial charge in [0.1, 0.15) is 0 Å². The van der Waals surface area contributed by atoms with E-state index < -0.39 is 34.7 Å². The Bertz CT molecular complexity index is 695. The van der Waals surface area contributed by atoms with Crippen LogP contribution in [-0.4, -0.2) is 11.6 Å². The minimum absolute atomic E-state index is 0.171. The highest BCUT2D eigenvalue weighted by atomic mass is 19.2. The first kappa shape index (κ1) is 15.2. The van der Waals surface area contributed by atoms with Gasteiger partial charge in [0, 0.05) is 12.1 Å². The Labute approximate surface area is 119 Å². The molecule has 0 bridgehead atoms. The summed E-state index contributed by atoms with van der Waals surface area (Å²) in [5.41, 5.74) is -0.0914. The maximum absolute atomic E-state index is 13.8. The number of allylic oxidation sites excluding steroid dienone is 4. The van der Waals surface area contributed by atoms with Crippen LogP contribution < -0.4 is 4.57 Å². The quantitative estimate of drug-likeness (QED) is 0.590. The fourth-order valence-corrected chi connectivity index (χ4v) is 1.91. The molecule has 1 heterocycles. The monoisotopic (exact) mass is 296 g/mol. The van der Waals surface area contributed by atoms with Crippen molar-refractivity contribution in [3.05, 3.63) is 47.6 Å². The smallest absolute Gasteiger partial charge is 0.283 e. The fourth-order valence-electron chi connectivity index (χ4n) is 1.91. The van der Waals surface area contributed by atoms with Crippen LogP contribution in [0, 0.1) is 0 Å². The van der Waals surface area contributed by atoms with Crippen molar-refractivity contribution in [1.82, 2.24) is 0 Å². The first-order valence-corrected chi connectivity index (χ1v) is 6.21. The van der Waals surface area contributed by atoms with Crippen molar-refractivity contribution in [2.45, 2.75) is 26.2 Å². The normalized spacial score (nSPS) is 16.9. The number of carbonyl (C=O) groups is 2. The van der Waals surface area contributed by atoms with Crippen LogP contribution in [0.25, 0.3) is 5.70 Å². The average Bonchev–Trinajstić information content (AvgIpc) is 2.43. The molecule has 6 heteroatoms. The number of Topliss-reactive ketones (excluding diaryl/α,β-unsaturated/α-hetero) is 2. The average molecular weight is 296 g/mol. The lowest BCUT2D eigenvalue weighted by atomic mass is 9.88. The number of rotatable bonds is 1. The van der Waals surface area contributed by atoms with E-state index in [4.69, 9.17) is 0 Å². The van der Waals surface area contributed by atoms with Gasteiger partial charge in [0.15, 0.2) is 12.4 Å². The van der Waals surface area contributed by atoms with Crippen LogP contribution >= 0.6 is 0 Å². The molecule has 0 amide bonds. The van der Waals surface area contributed by atoms with Crippen LogP contribution in [0.3, 0.4) is 0 Å².